The van der Waals surface area contributed by atoms with Crippen molar-refractivity contribution in [1.29, 1.82) is 0 Å². The number of aromatic nitrogens is 1. The van der Waals surface area contributed by atoms with Gasteiger partial charge in [-0.1, -0.05) is 55.5 Å². The SMILES string of the molecule is CCC(C)NCc1c(C(=O)O)n(Cc2ccccc2)c2ccccc12. The highest BCUT2D eigenvalue weighted by atomic mass is 16.4. The third-order valence-corrected chi connectivity index (χ3v) is 4.70. The summed E-state index contributed by atoms with van der Waals surface area (Å²) in [7, 11) is 0. The first kappa shape index (κ1) is 17.2. The maximum absolute atomic E-state index is 12.1. The molecular weight excluding hydrogens is 312 g/mol. The molecule has 0 fully saturated rings. The molecule has 0 amide bonds. The summed E-state index contributed by atoms with van der Waals surface area (Å²) in [6.45, 7) is 5.34. The zero-order valence-corrected chi connectivity index (χ0v) is 14.7. The van der Waals surface area contributed by atoms with Crippen LogP contribution in [0.5, 0.6) is 0 Å². The molecule has 2 aromatic carbocycles. The summed E-state index contributed by atoms with van der Waals surface area (Å²) >= 11 is 0. The first-order valence-electron chi connectivity index (χ1n) is 8.72. The van der Waals surface area contributed by atoms with Crippen molar-refractivity contribution in [3.8, 4) is 0 Å². The smallest absolute Gasteiger partial charge is 0.352 e. The van der Waals surface area contributed by atoms with E-state index in [1.807, 2.05) is 59.2 Å². The minimum absolute atomic E-state index is 0.345. The quantitative estimate of drug-likeness (QED) is 0.677. The topological polar surface area (TPSA) is 54.3 Å². The molecule has 1 unspecified atom stereocenters. The molecule has 0 saturated carbocycles. The molecule has 0 aliphatic carbocycles. The van der Waals surface area contributed by atoms with Crippen molar-refractivity contribution in [2.24, 2.45) is 0 Å². The molecule has 0 aliphatic heterocycles. The zero-order chi connectivity index (χ0) is 17.8. The van der Waals surface area contributed by atoms with Gasteiger partial charge in [0.05, 0.1) is 0 Å². The largest absolute Gasteiger partial charge is 0.477 e. The Morgan fingerprint density at radius 3 is 2.48 bits per heavy atom. The van der Waals surface area contributed by atoms with Crippen molar-refractivity contribution in [2.45, 2.75) is 39.4 Å². The number of carboxylic acid groups (broad SMARTS) is 1. The van der Waals surface area contributed by atoms with Gasteiger partial charge in [-0.05, 0) is 25.0 Å². The number of carboxylic acids is 1. The molecule has 130 valence electrons. The number of benzene rings is 2. The summed E-state index contributed by atoms with van der Waals surface area (Å²) < 4.78 is 1.92. The van der Waals surface area contributed by atoms with Gasteiger partial charge in [0.1, 0.15) is 5.69 Å². The van der Waals surface area contributed by atoms with Gasteiger partial charge in [0.2, 0.25) is 0 Å². The Morgan fingerprint density at radius 1 is 1.12 bits per heavy atom. The maximum Gasteiger partial charge on any atom is 0.352 e. The van der Waals surface area contributed by atoms with Crippen molar-refractivity contribution in [3.63, 3.8) is 0 Å². The molecule has 3 rings (SSSR count). The van der Waals surface area contributed by atoms with E-state index in [1.165, 1.54) is 0 Å². The number of nitrogens with zero attached hydrogens (tertiary/aromatic N) is 1. The Bertz CT molecular complexity index is 868. The fourth-order valence-corrected chi connectivity index (χ4v) is 3.15. The Balaban J connectivity index is 2.11. The molecule has 0 aliphatic rings. The number of rotatable bonds is 7. The number of para-hydroxylation sites is 1. The minimum atomic E-state index is -0.881. The summed E-state index contributed by atoms with van der Waals surface area (Å²) in [6.07, 6.45) is 1.01. The second-order valence-corrected chi connectivity index (χ2v) is 6.41. The van der Waals surface area contributed by atoms with Crippen LogP contribution in [0.25, 0.3) is 10.9 Å². The monoisotopic (exact) mass is 336 g/mol. The van der Waals surface area contributed by atoms with Crippen LogP contribution in [0.15, 0.2) is 54.6 Å². The van der Waals surface area contributed by atoms with E-state index in [4.69, 9.17) is 0 Å². The van der Waals surface area contributed by atoms with E-state index >= 15 is 0 Å². The number of aromatic carboxylic acids is 1. The number of hydrogen-bond donors (Lipinski definition) is 2. The van der Waals surface area contributed by atoms with Crippen LogP contribution in [0.3, 0.4) is 0 Å². The molecular formula is C21H24N2O2. The molecule has 1 atom stereocenters. The van der Waals surface area contributed by atoms with E-state index in [2.05, 4.69) is 19.2 Å². The highest BCUT2D eigenvalue weighted by Crippen LogP contribution is 2.27. The standard InChI is InChI=1S/C21H24N2O2/c1-3-15(2)22-13-18-17-11-7-8-12-19(17)23(20(18)21(24)25)14-16-9-5-4-6-10-16/h4-12,15,22H,3,13-14H2,1-2H3,(H,24,25). The van der Waals surface area contributed by atoms with E-state index in [1.54, 1.807) is 0 Å². The molecule has 0 spiro atoms. The van der Waals surface area contributed by atoms with E-state index in [0.29, 0.717) is 24.8 Å². The highest BCUT2D eigenvalue weighted by molar-refractivity contribution is 5.98. The van der Waals surface area contributed by atoms with E-state index in [-0.39, 0.29) is 0 Å². The fourth-order valence-electron chi connectivity index (χ4n) is 3.15. The first-order chi connectivity index (χ1) is 12.1. The van der Waals surface area contributed by atoms with Gasteiger partial charge in [-0.15, -0.1) is 0 Å². The first-order valence-corrected chi connectivity index (χ1v) is 8.72. The maximum atomic E-state index is 12.1. The van der Waals surface area contributed by atoms with Gasteiger partial charge in [0.15, 0.2) is 0 Å². The van der Waals surface area contributed by atoms with E-state index in [9.17, 15) is 9.90 Å². The van der Waals surface area contributed by atoms with Crippen LogP contribution >= 0.6 is 0 Å². The summed E-state index contributed by atoms with van der Waals surface area (Å²) in [5.41, 5.74) is 3.29. The van der Waals surface area contributed by atoms with Crippen LogP contribution in [-0.4, -0.2) is 21.7 Å². The molecule has 1 heterocycles. The van der Waals surface area contributed by atoms with Crippen molar-refractivity contribution in [2.75, 3.05) is 0 Å². The molecule has 3 aromatic rings. The Morgan fingerprint density at radius 2 is 1.80 bits per heavy atom. The number of carbonyl (C=O) groups is 1. The van der Waals surface area contributed by atoms with Crippen LogP contribution < -0.4 is 5.32 Å². The lowest BCUT2D eigenvalue weighted by Gasteiger charge is -2.12. The third-order valence-electron chi connectivity index (χ3n) is 4.70. The average Bonchev–Trinajstić information content (AvgIpc) is 2.94. The van der Waals surface area contributed by atoms with Gasteiger partial charge in [0.25, 0.3) is 0 Å². The number of nitrogens with one attached hydrogen (secondary N) is 1. The molecule has 4 nitrogen and oxygen atoms in total. The molecule has 2 N–H and O–H groups in total. The van der Waals surface area contributed by atoms with Crippen LogP contribution in [0.1, 0.15) is 41.9 Å². The Labute approximate surface area is 148 Å². The lowest BCUT2D eigenvalue weighted by Crippen LogP contribution is -2.25. The van der Waals surface area contributed by atoms with Gasteiger partial charge in [-0.3, -0.25) is 0 Å². The fraction of sp³-hybridized carbons (Fsp3) is 0.286. The predicted octanol–water partition coefficient (Wildman–Crippen LogP) is 4.28. The summed E-state index contributed by atoms with van der Waals surface area (Å²) in [5.74, 6) is -0.881. The van der Waals surface area contributed by atoms with Crippen LogP contribution in [0.2, 0.25) is 0 Å². The summed E-state index contributed by atoms with van der Waals surface area (Å²) in [5, 5.41) is 14.3. The van der Waals surface area contributed by atoms with E-state index < -0.39 is 5.97 Å². The van der Waals surface area contributed by atoms with Crippen LogP contribution in [-0.2, 0) is 13.1 Å². The van der Waals surface area contributed by atoms with Crippen molar-refractivity contribution >= 4 is 16.9 Å². The second-order valence-electron chi connectivity index (χ2n) is 6.41. The van der Waals surface area contributed by atoms with Crippen molar-refractivity contribution in [1.82, 2.24) is 9.88 Å². The van der Waals surface area contributed by atoms with Crippen LogP contribution in [0.4, 0.5) is 0 Å². The van der Waals surface area contributed by atoms with Crippen molar-refractivity contribution < 1.29 is 9.90 Å². The minimum Gasteiger partial charge on any atom is -0.477 e. The van der Waals surface area contributed by atoms with Crippen LogP contribution in [0, 0.1) is 0 Å². The zero-order valence-electron chi connectivity index (χ0n) is 14.7. The van der Waals surface area contributed by atoms with Gasteiger partial charge in [-0.25, -0.2) is 4.79 Å². The molecule has 1 aromatic heterocycles. The normalized spacial score (nSPS) is 12.4. The van der Waals surface area contributed by atoms with Gasteiger partial charge >= 0.3 is 5.97 Å². The highest BCUT2D eigenvalue weighted by Gasteiger charge is 2.22. The number of fused-ring (bicyclic) bond motifs is 1. The third kappa shape index (κ3) is 3.59. The lowest BCUT2D eigenvalue weighted by molar-refractivity contribution is 0.0684. The number of hydrogen-bond acceptors (Lipinski definition) is 2. The summed E-state index contributed by atoms with van der Waals surface area (Å²) in [4.78, 5) is 12.1. The van der Waals surface area contributed by atoms with Gasteiger partial charge in [0, 0.05) is 35.6 Å². The lowest BCUT2D eigenvalue weighted by atomic mass is 10.1. The van der Waals surface area contributed by atoms with E-state index in [0.717, 1.165) is 28.5 Å². The van der Waals surface area contributed by atoms with Crippen molar-refractivity contribution in [3.05, 3.63) is 71.4 Å². The summed E-state index contributed by atoms with van der Waals surface area (Å²) in [6, 6.07) is 18.3. The molecule has 0 bridgehead atoms. The molecule has 25 heavy (non-hydrogen) atoms. The average molecular weight is 336 g/mol. The Hall–Kier alpha value is -2.59. The molecule has 0 radical (unpaired) electrons. The molecule has 4 heteroatoms. The Kier molecular flexibility index (Phi) is 5.19. The molecule has 0 saturated heterocycles. The van der Waals surface area contributed by atoms with Gasteiger partial charge in [-0.2, -0.15) is 0 Å². The van der Waals surface area contributed by atoms with Gasteiger partial charge < -0.3 is 15.0 Å². The predicted molar refractivity (Wildman–Crippen MR) is 101 cm³/mol. The second kappa shape index (κ2) is 7.53.